The molecule has 0 aliphatic heterocycles. The zero-order valence-corrected chi connectivity index (χ0v) is 12.3. The zero-order chi connectivity index (χ0) is 17.1. The van der Waals surface area contributed by atoms with Gasteiger partial charge in [-0.2, -0.15) is 0 Å². The highest BCUT2D eigenvalue weighted by Crippen LogP contribution is 2.35. The summed E-state index contributed by atoms with van der Waals surface area (Å²) in [6, 6.07) is 6.72. The molecule has 0 fully saturated rings. The van der Waals surface area contributed by atoms with Crippen LogP contribution in [0.5, 0.6) is 5.75 Å². The number of carbonyl (C=O) groups excluding carboxylic acids is 1. The van der Waals surface area contributed by atoms with Crippen LogP contribution in [0.1, 0.15) is 10.4 Å². The van der Waals surface area contributed by atoms with Crippen LogP contribution in [0.2, 0.25) is 0 Å². The molecule has 8 nitrogen and oxygen atoms in total. The van der Waals surface area contributed by atoms with Crippen molar-refractivity contribution in [2.45, 2.75) is 0 Å². The lowest BCUT2D eigenvalue weighted by Crippen LogP contribution is -2.29. The molecule has 0 unspecified atom stereocenters. The normalized spacial score (nSPS) is 10.5. The first kappa shape index (κ1) is 15.3. The average Bonchev–Trinajstić information content (AvgIpc) is 2.60. The lowest BCUT2D eigenvalue weighted by molar-refractivity contribution is -0.135. The highest BCUT2D eigenvalue weighted by molar-refractivity contribution is 6.10. The van der Waals surface area contributed by atoms with Crippen LogP contribution in [0.3, 0.4) is 0 Å². The summed E-state index contributed by atoms with van der Waals surface area (Å²) < 4.78 is 0. The molecule has 1 aromatic carbocycles. The Bertz CT molecular complexity index is 928. The molecule has 0 spiro atoms. The first-order valence-corrected chi connectivity index (χ1v) is 6.96. The van der Waals surface area contributed by atoms with Gasteiger partial charge in [0.05, 0.1) is 11.2 Å². The predicted octanol–water partition coefficient (Wildman–Crippen LogP) is 1.21. The van der Waals surface area contributed by atoms with E-state index in [1.54, 1.807) is 30.5 Å². The van der Waals surface area contributed by atoms with Gasteiger partial charge in [-0.15, -0.1) is 0 Å². The molecule has 0 aliphatic carbocycles. The van der Waals surface area contributed by atoms with Crippen molar-refractivity contribution in [2.24, 2.45) is 0 Å². The van der Waals surface area contributed by atoms with Crippen molar-refractivity contribution in [3.8, 4) is 17.0 Å². The molecule has 2 aromatic heterocycles. The van der Waals surface area contributed by atoms with E-state index < -0.39 is 18.4 Å². The molecular weight excluding hydrogens is 312 g/mol. The smallest absolute Gasteiger partial charge is 0.322 e. The van der Waals surface area contributed by atoms with E-state index in [4.69, 9.17) is 5.11 Å². The molecule has 120 valence electrons. The standard InChI is InChI=1S/C16H12N4O4/c21-12(22)8-20-16(24)13-14-11(18-5-6-19-14)7-9(15(13)23)10-3-1-2-4-17-10/h1-7,23H,8H2,(H,20,24)(H,21,22). The number of carboxylic acids is 1. The molecule has 3 aromatic rings. The molecule has 24 heavy (non-hydrogen) atoms. The summed E-state index contributed by atoms with van der Waals surface area (Å²) in [5.74, 6) is -2.28. The SMILES string of the molecule is O=C(O)CNC(=O)c1c(O)c(-c2ccccn2)cc2nccnc12. The monoisotopic (exact) mass is 324 g/mol. The van der Waals surface area contributed by atoms with Gasteiger partial charge in [-0.3, -0.25) is 24.5 Å². The Morgan fingerprint density at radius 3 is 2.58 bits per heavy atom. The maximum absolute atomic E-state index is 12.3. The van der Waals surface area contributed by atoms with E-state index in [1.807, 2.05) is 0 Å². The van der Waals surface area contributed by atoms with Crippen molar-refractivity contribution in [3.63, 3.8) is 0 Å². The van der Waals surface area contributed by atoms with Gasteiger partial charge in [0.25, 0.3) is 5.91 Å². The van der Waals surface area contributed by atoms with Gasteiger partial charge < -0.3 is 15.5 Å². The molecule has 0 radical (unpaired) electrons. The van der Waals surface area contributed by atoms with Crippen molar-refractivity contribution in [1.29, 1.82) is 0 Å². The van der Waals surface area contributed by atoms with Gasteiger partial charge in [0.1, 0.15) is 23.4 Å². The van der Waals surface area contributed by atoms with Crippen molar-refractivity contribution in [3.05, 3.63) is 48.4 Å². The van der Waals surface area contributed by atoms with Crippen molar-refractivity contribution < 1.29 is 19.8 Å². The number of carboxylic acid groups (broad SMARTS) is 1. The Labute approximate surface area is 135 Å². The third kappa shape index (κ3) is 2.84. The molecule has 0 atom stereocenters. The summed E-state index contributed by atoms with van der Waals surface area (Å²) in [7, 11) is 0. The predicted molar refractivity (Wildman–Crippen MR) is 84.4 cm³/mol. The van der Waals surface area contributed by atoms with Gasteiger partial charge >= 0.3 is 5.97 Å². The Balaban J connectivity index is 2.20. The average molecular weight is 324 g/mol. The minimum atomic E-state index is -1.20. The molecule has 3 rings (SSSR count). The maximum Gasteiger partial charge on any atom is 0.322 e. The minimum Gasteiger partial charge on any atom is -0.506 e. The second-order valence-corrected chi connectivity index (χ2v) is 4.86. The highest BCUT2D eigenvalue weighted by Gasteiger charge is 2.22. The van der Waals surface area contributed by atoms with Crippen LogP contribution in [-0.4, -0.2) is 43.6 Å². The van der Waals surface area contributed by atoms with Gasteiger partial charge in [0, 0.05) is 24.2 Å². The van der Waals surface area contributed by atoms with E-state index in [0.29, 0.717) is 16.8 Å². The number of pyridine rings is 1. The largest absolute Gasteiger partial charge is 0.506 e. The van der Waals surface area contributed by atoms with Gasteiger partial charge in [-0.1, -0.05) is 6.07 Å². The lowest BCUT2D eigenvalue weighted by Gasteiger charge is -2.12. The molecule has 1 amide bonds. The van der Waals surface area contributed by atoms with Crippen LogP contribution in [0.4, 0.5) is 0 Å². The Hall–Kier alpha value is -3.55. The molecule has 0 aliphatic rings. The molecule has 0 saturated carbocycles. The minimum absolute atomic E-state index is 0.137. The Morgan fingerprint density at radius 1 is 1.08 bits per heavy atom. The number of rotatable bonds is 4. The third-order valence-corrected chi connectivity index (χ3v) is 3.30. The molecule has 0 saturated heterocycles. The number of phenolic OH excluding ortho intramolecular Hbond substituents is 1. The quantitative estimate of drug-likeness (QED) is 0.658. The second kappa shape index (κ2) is 6.29. The van der Waals surface area contributed by atoms with Crippen molar-refractivity contribution in [1.82, 2.24) is 20.3 Å². The summed E-state index contributed by atoms with van der Waals surface area (Å²) in [5, 5.41) is 21.5. The van der Waals surface area contributed by atoms with Crippen LogP contribution in [0, 0.1) is 0 Å². The van der Waals surface area contributed by atoms with Gasteiger partial charge in [0.2, 0.25) is 0 Å². The molecule has 3 N–H and O–H groups in total. The van der Waals surface area contributed by atoms with Crippen molar-refractivity contribution in [2.75, 3.05) is 6.54 Å². The van der Waals surface area contributed by atoms with Gasteiger partial charge in [-0.05, 0) is 18.2 Å². The Morgan fingerprint density at radius 2 is 1.88 bits per heavy atom. The van der Waals surface area contributed by atoms with Crippen LogP contribution in [0.25, 0.3) is 22.3 Å². The molecule has 8 heteroatoms. The van der Waals surface area contributed by atoms with Crippen molar-refractivity contribution >= 4 is 22.9 Å². The van der Waals surface area contributed by atoms with Gasteiger partial charge in [0.15, 0.2) is 0 Å². The first-order chi connectivity index (χ1) is 11.6. The zero-order valence-electron chi connectivity index (χ0n) is 12.3. The number of nitrogens with one attached hydrogen (secondary N) is 1. The number of nitrogens with zero attached hydrogens (tertiary/aromatic N) is 3. The van der Waals surface area contributed by atoms with Crippen LogP contribution < -0.4 is 5.32 Å². The molecule has 2 heterocycles. The lowest BCUT2D eigenvalue weighted by atomic mass is 10.0. The topological polar surface area (TPSA) is 125 Å². The number of hydrogen-bond donors (Lipinski definition) is 3. The van der Waals surface area contributed by atoms with E-state index >= 15 is 0 Å². The number of aromatic hydroxyl groups is 1. The van der Waals surface area contributed by atoms with E-state index in [2.05, 4.69) is 20.3 Å². The van der Waals surface area contributed by atoms with E-state index in [9.17, 15) is 14.7 Å². The number of aliphatic carboxylic acids is 1. The number of benzene rings is 1. The first-order valence-electron chi connectivity index (χ1n) is 6.96. The highest BCUT2D eigenvalue weighted by atomic mass is 16.4. The van der Waals surface area contributed by atoms with Crippen LogP contribution in [0.15, 0.2) is 42.9 Å². The Kier molecular flexibility index (Phi) is 4.02. The number of hydrogen-bond acceptors (Lipinski definition) is 6. The van der Waals surface area contributed by atoms with E-state index in [0.717, 1.165) is 0 Å². The number of carbonyl (C=O) groups is 2. The van der Waals surface area contributed by atoms with E-state index in [-0.39, 0.29) is 16.8 Å². The number of fused-ring (bicyclic) bond motifs is 1. The number of phenols is 1. The fourth-order valence-corrected chi connectivity index (χ4v) is 2.28. The third-order valence-electron chi connectivity index (χ3n) is 3.30. The summed E-state index contributed by atoms with van der Waals surface area (Å²) in [6.07, 6.45) is 4.40. The van der Waals surface area contributed by atoms with E-state index in [1.165, 1.54) is 12.4 Å². The fraction of sp³-hybridized carbons (Fsp3) is 0.0625. The van der Waals surface area contributed by atoms with Crippen LogP contribution in [-0.2, 0) is 4.79 Å². The molecular formula is C16H12N4O4. The van der Waals surface area contributed by atoms with Gasteiger partial charge in [-0.25, -0.2) is 0 Å². The summed E-state index contributed by atoms with van der Waals surface area (Å²) in [6.45, 7) is -0.576. The summed E-state index contributed by atoms with van der Waals surface area (Å²) in [4.78, 5) is 35.4. The maximum atomic E-state index is 12.3. The molecule has 0 bridgehead atoms. The second-order valence-electron chi connectivity index (χ2n) is 4.86. The number of amides is 1. The number of aromatic nitrogens is 3. The summed E-state index contributed by atoms with van der Waals surface area (Å²) in [5.41, 5.74) is 1.19. The fourth-order valence-electron chi connectivity index (χ4n) is 2.28. The van der Waals surface area contributed by atoms with Crippen LogP contribution >= 0.6 is 0 Å². The summed E-state index contributed by atoms with van der Waals surface area (Å²) >= 11 is 0.